The predicted octanol–water partition coefficient (Wildman–Crippen LogP) is 15.4. The van der Waals surface area contributed by atoms with Crippen LogP contribution in [0.3, 0.4) is 0 Å². The largest absolute Gasteiger partial charge is 0.228 e. The molecule has 0 atom stereocenters. The van der Waals surface area contributed by atoms with Crippen molar-refractivity contribution in [3.05, 3.63) is 237 Å². The molecular formula is C63H39N7. The Bertz CT molecular complexity index is 4070. The van der Waals surface area contributed by atoms with E-state index in [1.807, 2.05) is 127 Å². The van der Waals surface area contributed by atoms with E-state index in [9.17, 15) is 0 Å². The topological polar surface area (TPSA) is 90.2 Å². The summed E-state index contributed by atoms with van der Waals surface area (Å²) >= 11 is 0. The molecule has 0 saturated carbocycles. The monoisotopic (exact) mass is 893 g/mol. The van der Waals surface area contributed by atoms with Gasteiger partial charge in [0, 0.05) is 38.8 Å². The molecule has 3 aromatic heterocycles. The minimum atomic E-state index is 0.438. The maximum atomic E-state index is 5.21. The van der Waals surface area contributed by atoms with Gasteiger partial charge in [-0.1, -0.05) is 212 Å². The summed E-state index contributed by atoms with van der Waals surface area (Å²) in [6, 6.07) is 81.3. The highest BCUT2D eigenvalue weighted by Crippen LogP contribution is 2.39. The minimum Gasteiger partial charge on any atom is -0.228 e. The summed E-state index contributed by atoms with van der Waals surface area (Å²) in [7, 11) is 0. The molecule has 0 aliphatic carbocycles. The standard InChI is InChI=1S/C63H39N7/c1-4-17-41(18-5-1)59-65-56(47-24-16-23-45(37-47)46-35-36-52-50-27-11-10-25-48(50)49-26-12-13-28-51(49)54(52)38-46)39-57(66-59)63-69-61(43-21-8-3-9-22-43)68-62(70-63)44-33-31-40(32-34-44)58-53-29-14-15-30-55(53)64-60(67-58)42-19-6-2-7-20-42/h1-39H. The summed E-state index contributed by atoms with van der Waals surface area (Å²) in [5, 5.41) is 8.44. The van der Waals surface area contributed by atoms with Gasteiger partial charge in [0.25, 0.3) is 0 Å². The summed E-state index contributed by atoms with van der Waals surface area (Å²) in [5.74, 6) is 2.75. The Labute approximate surface area is 403 Å². The highest BCUT2D eigenvalue weighted by molar-refractivity contribution is 6.25. The first-order valence-corrected chi connectivity index (χ1v) is 23.3. The lowest BCUT2D eigenvalue weighted by Gasteiger charge is -2.13. The van der Waals surface area contributed by atoms with Gasteiger partial charge in [0.05, 0.1) is 16.9 Å². The van der Waals surface area contributed by atoms with E-state index >= 15 is 0 Å². The van der Waals surface area contributed by atoms with Crippen molar-refractivity contribution in [3.8, 4) is 90.7 Å². The van der Waals surface area contributed by atoms with E-state index in [1.54, 1.807) is 0 Å². The summed E-state index contributed by atoms with van der Waals surface area (Å²) < 4.78 is 0. The van der Waals surface area contributed by atoms with E-state index in [4.69, 9.17) is 34.9 Å². The number of hydrogen-bond donors (Lipinski definition) is 0. The second-order valence-electron chi connectivity index (χ2n) is 17.3. The van der Waals surface area contributed by atoms with Crippen LogP contribution in [0, 0.1) is 0 Å². The van der Waals surface area contributed by atoms with E-state index in [2.05, 4.69) is 109 Å². The summed E-state index contributed by atoms with van der Waals surface area (Å²) in [5.41, 5.74) is 10.7. The van der Waals surface area contributed by atoms with Crippen molar-refractivity contribution in [3.63, 3.8) is 0 Å². The molecule has 0 N–H and O–H groups in total. The molecule has 13 aromatic rings. The number of nitrogens with zero attached hydrogens (tertiary/aromatic N) is 7. The van der Waals surface area contributed by atoms with Gasteiger partial charge in [-0.2, -0.15) is 0 Å². The van der Waals surface area contributed by atoms with Crippen molar-refractivity contribution >= 4 is 43.2 Å². The van der Waals surface area contributed by atoms with Gasteiger partial charge in [0.15, 0.2) is 29.1 Å². The smallest absolute Gasteiger partial charge is 0.182 e. The number of rotatable bonds is 8. The first kappa shape index (κ1) is 40.7. The molecular weight excluding hydrogens is 855 g/mol. The van der Waals surface area contributed by atoms with Crippen LogP contribution in [0.2, 0.25) is 0 Å². The molecule has 3 heterocycles. The van der Waals surface area contributed by atoms with Gasteiger partial charge in [0.2, 0.25) is 0 Å². The first-order valence-electron chi connectivity index (χ1n) is 23.3. The Morgan fingerprint density at radius 2 is 0.586 bits per heavy atom. The van der Waals surface area contributed by atoms with E-state index < -0.39 is 0 Å². The highest BCUT2D eigenvalue weighted by Gasteiger charge is 2.19. The fourth-order valence-corrected chi connectivity index (χ4v) is 9.50. The third-order valence-corrected chi connectivity index (χ3v) is 12.9. The molecule has 0 amide bonds. The van der Waals surface area contributed by atoms with Crippen LogP contribution in [-0.2, 0) is 0 Å². The number of aromatic nitrogens is 7. The summed E-state index contributed by atoms with van der Waals surface area (Å²) in [4.78, 5) is 35.8. The van der Waals surface area contributed by atoms with Gasteiger partial charge < -0.3 is 0 Å². The number of benzene rings is 10. The van der Waals surface area contributed by atoms with Crippen LogP contribution < -0.4 is 0 Å². The molecule has 0 unspecified atom stereocenters. The normalized spacial score (nSPS) is 11.4. The highest BCUT2D eigenvalue weighted by atomic mass is 15.1. The van der Waals surface area contributed by atoms with Crippen LogP contribution in [0.1, 0.15) is 0 Å². The van der Waals surface area contributed by atoms with E-state index in [-0.39, 0.29) is 0 Å². The zero-order chi connectivity index (χ0) is 46.4. The van der Waals surface area contributed by atoms with E-state index in [1.165, 1.54) is 32.3 Å². The van der Waals surface area contributed by atoms with Gasteiger partial charge in [-0.25, -0.2) is 34.9 Å². The Morgan fingerprint density at radius 1 is 0.186 bits per heavy atom. The van der Waals surface area contributed by atoms with Crippen LogP contribution >= 0.6 is 0 Å². The van der Waals surface area contributed by atoms with Crippen LogP contribution in [0.25, 0.3) is 134 Å². The third kappa shape index (κ3) is 7.48. The van der Waals surface area contributed by atoms with Crippen molar-refractivity contribution in [2.24, 2.45) is 0 Å². The summed E-state index contributed by atoms with van der Waals surface area (Å²) in [6.07, 6.45) is 0. The van der Waals surface area contributed by atoms with E-state index in [0.717, 1.165) is 66.8 Å². The Hall–Kier alpha value is -9.59. The van der Waals surface area contributed by atoms with Gasteiger partial charge in [-0.15, -0.1) is 0 Å². The lowest BCUT2D eigenvalue weighted by Crippen LogP contribution is -2.03. The molecule has 0 aliphatic rings. The molecule has 70 heavy (non-hydrogen) atoms. The molecule has 0 spiro atoms. The second-order valence-corrected chi connectivity index (χ2v) is 17.3. The van der Waals surface area contributed by atoms with Crippen molar-refractivity contribution < 1.29 is 0 Å². The molecule has 13 rings (SSSR count). The number of hydrogen-bond acceptors (Lipinski definition) is 7. The second kappa shape index (κ2) is 17.2. The maximum absolute atomic E-state index is 5.21. The summed E-state index contributed by atoms with van der Waals surface area (Å²) in [6.45, 7) is 0. The van der Waals surface area contributed by atoms with Crippen molar-refractivity contribution in [1.29, 1.82) is 0 Å². The lowest BCUT2D eigenvalue weighted by molar-refractivity contribution is 1.05. The van der Waals surface area contributed by atoms with Crippen molar-refractivity contribution in [2.75, 3.05) is 0 Å². The Kier molecular flexibility index (Phi) is 10.0. The molecule has 7 nitrogen and oxygen atoms in total. The van der Waals surface area contributed by atoms with Gasteiger partial charge in [0.1, 0.15) is 5.69 Å². The fourth-order valence-electron chi connectivity index (χ4n) is 9.50. The zero-order valence-electron chi connectivity index (χ0n) is 37.6. The number of para-hydroxylation sites is 1. The van der Waals surface area contributed by atoms with Gasteiger partial charge >= 0.3 is 0 Å². The lowest BCUT2D eigenvalue weighted by atomic mass is 9.91. The molecule has 10 aromatic carbocycles. The molecule has 0 aliphatic heterocycles. The molecule has 326 valence electrons. The van der Waals surface area contributed by atoms with E-state index in [0.29, 0.717) is 34.8 Å². The van der Waals surface area contributed by atoms with Crippen LogP contribution in [-0.4, -0.2) is 34.9 Å². The average molecular weight is 894 g/mol. The molecule has 0 fully saturated rings. The predicted molar refractivity (Wildman–Crippen MR) is 285 cm³/mol. The molecule has 0 bridgehead atoms. The van der Waals surface area contributed by atoms with Crippen molar-refractivity contribution in [1.82, 2.24) is 34.9 Å². The third-order valence-electron chi connectivity index (χ3n) is 12.9. The molecule has 0 radical (unpaired) electrons. The Balaban J connectivity index is 0.931. The quantitative estimate of drug-likeness (QED) is 0.140. The minimum absolute atomic E-state index is 0.438. The zero-order valence-corrected chi connectivity index (χ0v) is 37.6. The Morgan fingerprint density at radius 3 is 1.20 bits per heavy atom. The molecule has 7 heteroatoms. The van der Waals surface area contributed by atoms with Crippen LogP contribution in [0.4, 0.5) is 0 Å². The number of fused-ring (bicyclic) bond motifs is 7. The molecule has 0 saturated heterocycles. The average Bonchev–Trinajstić information content (AvgIpc) is 3.45. The maximum Gasteiger partial charge on any atom is 0.182 e. The SMILES string of the molecule is c1ccc(-c2nc(-c3cccc(-c4ccc5c6ccccc6c6ccccc6c5c4)c3)cc(-c3nc(-c4ccccc4)nc(-c4ccc(-c5nc(-c6ccccc6)nc6ccccc56)cc4)n3)n2)cc1. The van der Waals surface area contributed by atoms with Crippen molar-refractivity contribution in [2.45, 2.75) is 0 Å². The van der Waals surface area contributed by atoms with Gasteiger partial charge in [-0.05, 0) is 67.7 Å². The van der Waals surface area contributed by atoms with Crippen LogP contribution in [0.5, 0.6) is 0 Å². The van der Waals surface area contributed by atoms with Crippen LogP contribution in [0.15, 0.2) is 237 Å². The first-order chi connectivity index (χ1) is 34.7. The van der Waals surface area contributed by atoms with Gasteiger partial charge in [-0.3, -0.25) is 0 Å². The fraction of sp³-hybridized carbons (Fsp3) is 0.